The summed E-state index contributed by atoms with van der Waals surface area (Å²) >= 11 is 21.3. The summed E-state index contributed by atoms with van der Waals surface area (Å²) in [4.78, 5) is 8.89. The van der Waals surface area contributed by atoms with E-state index in [4.69, 9.17) is 39.2 Å². The average molecular weight is 497 g/mol. The molecule has 0 unspecified atom stereocenters. The molecule has 0 aliphatic carbocycles. The SMILES string of the molecule is Oc1c(Br)cc(Cl)cc1C=Nc1ccc2oc(-c3ccc(Cl)c(Cl)c3)nc2c1. The second kappa shape index (κ2) is 7.76. The molecule has 8 heteroatoms. The van der Waals surface area contributed by atoms with Gasteiger partial charge in [0.05, 0.1) is 20.2 Å². The van der Waals surface area contributed by atoms with E-state index < -0.39 is 0 Å². The van der Waals surface area contributed by atoms with E-state index >= 15 is 0 Å². The molecule has 1 heterocycles. The Morgan fingerprint density at radius 2 is 1.82 bits per heavy atom. The number of aromatic nitrogens is 1. The van der Waals surface area contributed by atoms with Crippen LogP contribution in [0.25, 0.3) is 22.6 Å². The molecule has 1 N–H and O–H groups in total. The van der Waals surface area contributed by atoms with Crippen molar-refractivity contribution in [2.45, 2.75) is 0 Å². The molecule has 0 aliphatic heterocycles. The molecule has 28 heavy (non-hydrogen) atoms. The molecule has 4 nitrogen and oxygen atoms in total. The van der Waals surface area contributed by atoms with Crippen molar-refractivity contribution in [3.8, 4) is 17.2 Å². The molecule has 1 aromatic heterocycles. The third kappa shape index (κ3) is 3.89. The van der Waals surface area contributed by atoms with Crippen molar-refractivity contribution in [1.29, 1.82) is 0 Å². The van der Waals surface area contributed by atoms with Crippen molar-refractivity contribution in [3.05, 3.63) is 73.6 Å². The fourth-order valence-corrected chi connectivity index (χ4v) is 3.71. The van der Waals surface area contributed by atoms with Crippen LogP contribution < -0.4 is 0 Å². The molecule has 0 spiro atoms. The average Bonchev–Trinajstić information content (AvgIpc) is 3.09. The molecule has 0 amide bonds. The molecule has 0 radical (unpaired) electrons. The molecule has 0 saturated carbocycles. The Morgan fingerprint density at radius 3 is 2.61 bits per heavy atom. The summed E-state index contributed by atoms with van der Waals surface area (Å²) in [5, 5.41) is 11.5. The van der Waals surface area contributed by atoms with Gasteiger partial charge in [-0.25, -0.2) is 4.98 Å². The topological polar surface area (TPSA) is 58.6 Å². The number of phenolic OH excluding ortho intramolecular Hbond substituents is 1. The molecular formula is C20H10BrCl3N2O2. The molecule has 3 aromatic carbocycles. The highest BCUT2D eigenvalue weighted by atomic mass is 79.9. The molecule has 0 fully saturated rings. The van der Waals surface area contributed by atoms with Gasteiger partial charge in [0.25, 0.3) is 0 Å². The zero-order chi connectivity index (χ0) is 19.8. The van der Waals surface area contributed by atoms with Gasteiger partial charge in [-0.05, 0) is 64.5 Å². The van der Waals surface area contributed by atoms with Crippen molar-refractivity contribution >= 4 is 73.7 Å². The zero-order valence-electron chi connectivity index (χ0n) is 14.0. The number of fused-ring (bicyclic) bond motifs is 1. The van der Waals surface area contributed by atoms with E-state index in [1.165, 1.54) is 6.21 Å². The van der Waals surface area contributed by atoms with Gasteiger partial charge in [-0.1, -0.05) is 34.8 Å². The second-order valence-corrected chi connectivity index (χ2v) is 7.99. The standard InChI is InChI=1S/C20H10BrCl3N2O2/c21-14-7-12(22)5-11(19(14)27)9-25-13-2-4-18-17(8-13)26-20(28-18)10-1-3-15(23)16(24)6-10/h1-9,27H. The number of hydrogen-bond acceptors (Lipinski definition) is 4. The molecule has 140 valence electrons. The van der Waals surface area contributed by atoms with Crippen LogP contribution in [-0.2, 0) is 0 Å². The van der Waals surface area contributed by atoms with Crippen LogP contribution in [0.3, 0.4) is 0 Å². The van der Waals surface area contributed by atoms with Gasteiger partial charge in [-0.15, -0.1) is 0 Å². The minimum Gasteiger partial charge on any atom is -0.506 e. The van der Waals surface area contributed by atoms with Gasteiger partial charge >= 0.3 is 0 Å². The Labute approximate surface area is 183 Å². The first-order chi connectivity index (χ1) is 13.4. The number of nitrogens with zero attached hydrogens (tertiary/aromatic N) is 2. The summed E-state index contributed by atoms with van der Waals surface area (Å²) in [6.45, 7) is 0. The van der Waals surface area contributed by atoms with Crippen LogP contribution in [0.1, 0.15) is 5.56 Å². The zero-order valence-corrected chi connectivity index (χ0v) is 17.8. The van der Waals surface area contributed by atoms with Gasteiger partial charge in [0.2, 0.25) is 5.89 Å². The van der Waals surface area contributed by atoms with Gasteiger partial charge in [0, 0.05) is 22.4 Å². The van der Waals surface area contributed by atoms with Crippen LogP contribution in [0.4, 0.5) is 5.69 Å². The summed E-state index contributed by atoms with van der Waals surface area (Å²) in [6.07, 6.45) is 1.53. The number of aromatic hydroxyl groups is 1. The van der Waals surface area contributed by atoms with Crippen molar-refractivity contribution < 1.29 is 9.52 Å². The number of hydrogen-bond donors (Lipinski definition) is 1. The van der Waals surface area contributed by atoms with Crippen molar-refractivity contribution in [2.75, 3.05) is 0 Å². The maximum atomic E-state index is 10.1. The van der Waals surface area contributed by atoms with Crippen molar-refractivity contribution in [1.82, 2.24) is 4.98 Å². The molecule has 4 aromatic rings. The summed E-state index contributed by atoms with van der Waals surface area (Å²) in [5.74, 6) is 0.503. The predicted molar refractivity (Wildman–Crippen MR) is 118 cm³/mol. The smallest absolute Gasteiger partial charge is 0.227 e. The highest BCUT2D eigenvalue weighted by molar-refractivity contribution is 9.10. The van der Waals surface area contributed by atoms with Crippen LogP contribution in [0, 0.1) is 0 Å². The Hall–Kier alpha value is -2.05. The first-order valence-electron chi connectivity index (χ1n) is 7.99. The first kappa shape index (κ1) is 19.3. The molecular weight excluding hydrogens is 486 g/mol. The third-order valence-electron chi connectivity index (χ3n) is 3.95. The monoisotopic (exact) mass is 494 g/mol. The highest BCUT2D eigenvalue weighted by Crippen LogP contribution is 2.32. The molecule has 4 rings (SSSR count). The lowest BCUT2D eigenvalue weighted by Gasteiger charge is -2.02. The van der Waals surface area contributed by atoms with Gasteiger partial charge in [-0.3, -0.25) is 4.99 Å². The van der Waals surface area contributed by atoms with E-state index in [-0.39, 0.29) is 5.75 Å². The maximum absolute atomic E-state index is 10.1. The number of phenols is 1. The fraction of sp³-hybridized carbons (Fsp3) is 0. The van der Waals surface area contributed by atoms with Crippen LogP contribution in [-0.4, -0.2) is 16.3 Å². The minimum atomic E-state index is 0.0672. The number of rotatable bonds is 3. The van der Waals surface area contributed by atoms with Crippen LogP contribution in [0.5, 0.6) is 5.75 Å². The quantitative estimate of drug-likeness (QED) is 0.296. The van der Waals surface area contributed by atoms with Crippen LogP contribution >= 0.6 is 50.7 Å². The molecule has 0 aliphatic rings. The molecule has 0 saturated heterocycles. The normalized spacial score (nSPS) is 11.6. The lowest BCUT2D eigenvalue weighted by molar-refractivity contribution is 0.471. The Kier molecular flexibility index (Phi) is 5.34. The molecule has 0 bridgehead atoms. The van der Waals surface area contributed by atoms with Gasteiger partial charge in [-0.2, -0.15) is 0 Å². The number of aliphatic imine (C=N–C) groups is 1. The van der Waals surface area contributed by atoms with E-state index in [9.17, 15) is 5.11 Å². The second-order valence-electron chi connectivity index (χ2n) is 5.88. The Bertz CT molecular complexity index is 1240. The van der Waals surface area contributed by atoms with Crippen LogP contribution in [0.15, 0.2) is 62.4 Å². The maximum Gasteiger partial charge on any atom is 0.227 e. The molecule has 0 atom stereocenters. The first-order valence-corrected chi connectivity index (χ1v) is 9.91. The van der Waals surface area contributed by atoms with E-state index in [0.29, 0.717) is 47.8 Å². The third-order valence-corrected chi connectivity index (χ3v) is 5.51. The van der Waals surface area contributed by atoms with Crippen LogP contribution in [0.2, 0.25) is 15.1 Å². The fourth-order valence-electron chi connectivity index (χ4n) is 2.58. The van der Waals surface area contributed by atoms with Gasteiger partial charge in [0.1, 0.15) is 11.3 Å². The predicted octanol–water partition coefficient (Wildman–Crippen LogP) is 7.67. The summed E-state index contributed by atoms with van der Waals surface area (Å²) < 4.78 is 6.29. The number of benzene rings is 3. The van der Waals surface area contributed by atoms with E-state index in [1.54, 1.807) is 48.5 Å². The van der Waals surface area contributed by atoms with Gasteiger partial charge in [0.15, 0.2) is 5.58 Å². The lowest BCUT2D eigenvalue weighted by Crippen LogP contribution is -1.84. The Morgan fingerprint density at radius 1 is 1.00 bits per heavy atom. The van der Waals surface area contributed by atoms with E-state index in [2.05, 4.69) is 25.9 Å². The van der Waals surface area contributed by atoms with Gasteiger partial charge < -0.3 is 9.52 Å². The number of halogens is 4. The number of oxazole rings is 1. The highest BCUT2D eigenvalue weighted by Gasteiger charge is 2.11. The minimum absolute atomic E-state index is 0.0672. The van der Waals surface area contributed by atoms with Crippen molar-refractivity contribution in [3.63, 3.8) is 0 Å². The van der Waals surface area contributed by atoms with E-state index in [1.807, 2.05) is 0 Å². The lowest BCUT2D eigenvalue weighted by atomic mass is 10.2. The van der Waals surface area contributed by atoms with E-state index in [0.717, 1.165) is 5.56 Å². The Balaban J connectivity index is 1.68. The largest absolute Gasteiger partial charge is 0.506 e. The summed E-state index contributed by atoms with van der Waals surface area (Å²) in [5.41, 5.74) is 3.14. The summed E-state index contributed by atoms with van der Waals surface area (Å²) in [7, 11) is 0. The summed E-state index contributed by atoms with van der Waals surface area (Å²) in [6, 6.07) is 13.8. The van der Waals surface area contributed by atoms with Crippen molar-refractivity contribution in [2.24, 2.45) is 4.99 Å².